The first-order valence-electron chi connectivity index (χ1n) is 5.28. The summed E-state index contributed by atoms with van der Waals surface area (Å²) in [5, 5.41) is 0. The van der Waals surface area contributed by atoms with Crippen molar-refractivity contribution >= 4 is 6.29 Å². The van der Waals surface area contributed by atoms with Crippen LogP contribution in [-0.4, -0.2) is 36.9 Å². The van der Waals surface area contributed by atoms with Gasteiger partial charge in [0.15, 0.2) is 0 Å². The van der Waals surface area contributed by atoms with Crippen LogP contribution < -0.4 is 0 Å². The Kier molecular flexibility index (Phi) is 4.08. The molecule has 0 saturated carbocycles. The van der Waals surface area contributed by atoms with Gasteiger partial charge in [0.25, 0.3) is 0 Å². The third kappa shape index (κ3) is 2.55. The van der Waals surface area contributed by atoms with Crippen LogP contribution in [0.1, 0.15) is 12.8 Å². The number of quaternary nitrogens is 1. The van der Waals surface area contributed by atoms with Crippen LogP contribution in [0.15, 0.2) is 25.3 Å². The Bertz CT molecular complexity index is 202. The number of carbonyl (C=O) groups is 1. The van der Waals surface area contributed by atoms with Crippen LogP contribution in [0.3, 0.4) is 0 Å². The van der Waals surface area contributed by atoms with E-state index in [9.17, 15) is 4.79 Å². The van der Waals surface area contributed by atoms with Crippen LogP contribution in [0.4, 0.5) is 0 Å². The highest BCUT2D eigenvalue weighted by Gasteiger charge is 2.31. The monoisotopic (exact) mass is 194 g/mol. The summed E-state index contributed by atoms with van der Waals surface area (Å²) in [7, 11) is 0. The van der Waals surface area contributed by atoms with Crippen molar-refractivity contribution in [1.82, 2.24) is 0 Å². The van der Waals surface area contributed by atoms with Crippen LogP contribution in [-0.2, 0) is 4.79 Å². The van der Waals surface area contributed by atoms with Crippen molar-refractivity contribution in [3.05, 3.63) is 25.3 Å². The number of aldehydes is 1. The fourth-order valence-corrected chi connectivity index (χ4v) is 2.26. The lowest BCUT2D eigenvalue weighted by Gasteiger charge is -2.41. The predicted octanol–water partition coefficient (Wildman–Crippen LogP) is 1.78. The number of hydrogen-bond donors (Lipinski definition) is 0. The van der Waals surface area contributed by atoms with Crippen molar-refractivity contribution in [2.24, 2.45) is 5.92 Å². The summed E-state index contributed by atoms with van der Waals surface area (Å²) in [6.07, 6.45) is 7.10. The second-order valence-corrected chi connectivity index (χ2v) is 4.20. The standard InChI is InChI=1S/C12H20NO/c1-3-7-13(8-4-2)9-5-12(11-14)6-10-13/h3-4,11-12H,1-2,5-10H2/q+1. The zero-order valence-corrected chi connectivity index (χ0v) is 8.82. The van der Waals surface area contributed by atoms with Gasteiger partial charge in [-0.1, -0.05) is 13.2 Å². The summed E-state index contributed by atoms with van der Waals surface area (Å²) < 4.78 is 1.04. The second-order valence-electron chi connectivity index (χ2n) is 4.20. The van der Waals surface area contributed by atoms with Crippen molar-refractivity contribution in [2.45, 2.75) is 12.8 Å². The lowest BCUT2D eigenvalue weighted by molar-refractivity contribution is -0.922. The van der Waals surface area contributed by atoms with Crippen molar-refractivity contribution in [2.75, 3.05) is 26.2 Å². The Morgan fingerprint density at radius 3 is 2.00 bits per heavy atom. The van der Waals surface area contributed by atoms with Gasteiger partial charge < -0.3 is 9.28 Å². The van der Waals surface area contributed by atoms with E-state index in [0.717, 1.165) is 49.8 Å². The first kappa shape index (κ1) is 11.2. The van der Waals surface area contributed by atoms with Gasteiger partial charge in [0.1, 0.15) is 6.29 Å². The SMILES string of the molecule is C=CC[N+]1(CC=C)CCC(C=O)CC1. The number of likely N-dealkylation sites (tertiary alicyclic amines) is 1. The topological polar surface area (TPSA) is 17.1 Å². The van der Waals surface area contributed by atoms with E-state index in [1.54, 1.807) is 0 Å². The van der Waals surface area contributed by atoms with Crippen LogP contribution in [0.25, 0.3) is 0 Å². The molecule has 0 spiro atoms. The summed E-state index contributed by atoms with van der Waals surface area (Å²) in [6, 6.07) is 0. The van der Waals surface area contributed by atoms with Crippen LogP contribution in [0.5, 0.6) is 0 Å². The molecule has 0 aromatic rings. The van der Waals surface area contributed by atoms with Crippen molar-refractivity contribution < 1.29 is 9.28 Å². The van der Waals surface area contributed by atoms with Crippen molar-refractivity contribution in [3.8, 4) is 0 Å². The van der Waals surface area contributed by atoms with Gasteiger partial charge in [-0.25, -0.2) is 0 Å². The lowest BCUT2D eigenvalue weighted by Crippen LogP contribution is -2.53. The molecule has 0 unspecified atom stereocenters. The van der Waals surface area contributed by atoms with E-state index < -0.39 is 0 Å². The molecule has 0 radical (unpaired) electrons. The van der Waals surface area contributed by atoms with Gasteiger partial charge in [-0.15, -0.1) is 0 Å². The van der Waals surface area contributed by atoms with Gasteiger partial charge in [-0.3, -0.25) is 0 Å². The first-order chi connectivity index (χ1) is 6.76. The van der Waals surface area contributed by atoms with E-state index in [1.165, 1.54) is 0 Å². The van der Waals surface area contributed by atoms with Gasteiger partial charge in [0.05, 0.1) is 26.2 Å². The smallest absolute Gasteiger partial charge is 0.123 e. The summed E-state index contributed by atoms with van der Waals surface area (Å²) in [5.41, 5.74) is 0. The number of nitrogens with zero attached hydrogens (tertiary/aromatic N) is 1. The Morgan fingerprint density at radius 2 is 1.64 bits per heavy atom. The van der Waals surface area contributed by atoms with Gasteiger partial charge in [-0.2, -0.15) is 0 Å². The molecule has 0 atom stereocenters. The Balaban J connectivity index is 2.57. The molecule has 0 N–H and O–H groups in total. The Morgan fingerprint density at radius 1 is 1.14 bits per heavy atom. The van der Waals surface area contributed by atoms with Gasteiger partial charge in [0.2, 0.25) is 0 Å². The fraction of sp³-hybridized carbons (Fsp3) is 0.583. The molecule has 2 nitrogen and oxygen atoms in total. The highest BCUT2D eigenvalue weighted by Crippen LogP contribution is 2.22. The number of rotatable bonds is 5. The molecule has 1 aliphatic heterocycles. The van der Waals surface area contributed by atoms with Gasteiger partial charge in [0, 0.05) is 18.8 Å². The van der Waals surface area contributed by atoms with E-state index >= 15 is 0 Å². The molecular weight excluding hydrogens is 174 g/mol. The molecule has 14 heavy (non-hydrogen) atoms. The maximum atomic E-state index is 10.6. The van der Waals surface area contributed by atoms with Crippen LogP contribution in [0, 0.1) is 5.92 Å². The van der Waals surface area contributed by atoms with Gasteiger partial charge in [-0.05, 0) is 12.2 Å². The van der Waals surface area contributed by atoms with Crippen molar-refractivity contribution in [1.29, 1.82) is 0 Å². The molecular formula is C12H20NO+. The third-order valence-corrected chi connectivity index (χ3v) is 3.17. The zero-order chi connectivity index (χ0) is 10.4. The average Bonchev–Trinajstić information content (AvgIpc) is 2.20. The minimum atomic E-state index is 0.288. The molecule has 0 amide bonds. The molecule has 1 saturated heterocycles. The van der Waals surface area contributed by atoms with E-state index in [0.29, 0.717) is 0 Å². The molecule has 1 heterocycles. The molecule has 0 aromatic heterocycles. The molecule has 1 aliphatic rings. The number of piperidine rings is 1. The van der Waals surface area contributed by atoms with Crippen LogP contribution >= 0.6 is 0 Å². The predicted molar refractivity (Wildman–Crippen MR) is 58.9 cm³/mol. The van der Waals surface area contributed by atoms with Crippen LogP contribution in [0.2, 0.25) is 0 Å². The molecule has 1 fully saturated rings. The largest absolute Gasteiger partial charge is 0.317 e. The van der Waals surface area contributed by atoms with E-state index in [2.05, 4.69) is 13.2 Å². The zero-order valence-electron chi connectivity index (χ0n) is 8.82. The highest BCUT2D eigenvalue weighted by molar-refractivity contribution is 5.53. The average molecular weight is 194 g/mol. The maximum absolute atomic E-state index is 10.6. The molecule has 2 heteroatoms. The Labute approximate surface area is 86.5 Å². The lowest BCUT2D eigenvalue weighted by atomic mass is 9.96. The molecule has 1 rings (SSSR count). The van der Waals surface area contributed by atoms with Gasteiger partial charge >= 0.3 is 0 Å². The number of carbonyl (C=O) groups excluding carboxylic acids is 1. The second kappa shape index (κ2) is 5.11. The molecule has 0 bridgehead atoms. The fourth-order valence-electron chi connectivity index (χ4n) is 2.26. The molecule has 78 valence electrons. The quantitative estimate of drug-likeness (QED) is 0.370. The summed E-state index contributed by atoms with van der Waals surface area (Å²) >= 11 is 0. The highest BCUT2D eigenvalue weighted by atomic mass is 16.1. The van der Waals surface area contributed by atoms with Crippen molar-refractivity contribution in [3.63, 3.8) is 0 Å². The van der Waals surface area contributed by atoms with E-state index in [4.69, 9.17) is 0 Å². The number of hydrogen-bond acceptors (Lipinski definition) is 1. The van der Waals surface area contributed by atoms with E-state index in [1.807, 2.05) is 12.2 Å². The summed E-state index contributed by atoms with van der Waals surface area (Å²) in [4.78, 5) is 10.6. The minimum Gasteiger partial charge on any atom is -0.317 e. The minimum absolute atomic E-state index is 0.288. The summed E-state index contributed by atoms with van der Waals surface area (Å²) in [5.74, 6) is 0.288. The first-order valence-corrected chi connectivity index (χ1v) is 5.28. The Hall–Kier alpha value is -0.890. The third-order valence-electron chi connectivity index (χ3n) is 3.17. The molecule has 0 aliphatic carbocycles. The normalized spacial score (nSPS) is 21.4. The summed E-state index contributed by atoms with van der Waals surface area (Å²) in [6.45, 7) is 11.8. The maximum Gasteiger partial charge on any atom is 0.123 e. The molecule has 0 aromatic carbocycles. The van der Waals surface area contributed by atoms with E-state index in [-0.39, 0.29) is 5.92 Å².